The third-order valence-corrected chi connectivity index (χ3v) is 1.72. The Morgan fingerprint density at radius 3 is 2.20 bits per heavy atom. The highest BCUT2D eigenvalue weighted by Crippen LogP contribution is 2.10. The lowest BCUT2D eigenvalue weighted by Crippen LogP contribution is -1.99. The number of aromatic carboxylic acids is 1. The number of carboxylic acid groups (broad SMARTS) is 1. The first-order chi connectivity index (χ1) is 7.27. The maximum absolute atomic E-state index is 10.5. The largest absolute Gasteiger partial charge is 0.478 e. The predicted molar refractivity (Wildman–Crippen MR) is 50.0 cm³/mol. The molecule has 0 saturated carbocycles. The molecule has 0 aromatic carbocycles. The van der Waals surface area contributed by atoms with Crippen molar-refractivity contribution in [3.63, 3.8) is 0 Å². The van der Waals surface area contributed by atoms with Crippen molar-refractivity contribution in [2.75, 3.05) is 0 Å². The summed E-state index contributed by atoms with van der Waals surface area (Å²) in [7, 11) is 0. The van der Waals surface area contributed by atoms with Crippen LogP contribution in [0.5, 0.6) is 0 Å². The van der Waals surface area contributed by atoms with E-state index < -0.39 is 5.97 Å². The number of rotatable bonds is 2. The van der Waals surface area contributed by atoms with Gasteiger partial charge in [0.2, 0.25) is 0 Å². The van der Waals surface area contributed by atoms with E-state index in [0.29, 0.717) is 11.4 Å². The molecule has 0 amide bonds. The average molecular weight is 202 g/mol. The zero-order valence-electron chi connectivity index (χ0n) is 7.53. The van der Waals surface area contributed by atoms with Gasteiger partial charge in [0.1, 0.15) is 6.33 Å². The van der Waals surface area contributed by atoms with Crippen molar-refractivity contribution in [1.29, 1.82) is 0 Å². The van der Waals surface area contributed by atoms with Gasteiger partial charge in [-0.25, -0.2) is 24.7 Å². The Balaban J connectivity index is 2.36. The van der Waals surface area contributed by atoms with Crippen molar-refractivity contribution >= 4 is 5.97 Å². The molecule has 0 radical (unpaired) electrons. The van der Waals surface area contributed by atoms with E-state index in [-0.39, 0.29) is 5.56 Å². The first-order valence-corrected chi connectivity index (χ1v) is 4.08. The first-order valence-electron chi connectivity index (χ1n) is 4.08. The maximum Gasteiger partial charge on any atom is 0.338 e. The Morgan fingerprint density at radius 1 is 1.07 bits per heavy atom. The molecule has 6 heteroatoms. The summed E-state index contributed by atoms with van der Waals surface area (Å²) < 4.78 is 0. The third kappa shape index (κ3) is 1.93. The fraction of sp³-hybridized carbons (Fsp3) is 0. The van der Waals surface area contributed by atoms with Crippen LogP contribution < -0.4 is 0 Å². The lowest BCUT2D eigenvalue weighted by molar-refractivity contribution is 0.0696. The van der Waals surface area contributed by atoms with Crippen LogP contribution >= 0.6 is 0 Å². The second-order valence-corrected chi connectivity index (χ2v) is 2.73. The molecule has 0 unspecified atom stereocenters. The molecule has 2 heterocycles. The van der Waals surface area contributed by atoms with E-state index in [1.165, 1.54) is 18.7 Å². The highest BCUT2D eigenvalue weighted by atomic mass is 16.4. The number of nitrogens with zero attached hydrogens (tertiary/aromatic N) is 4. The van der Waals surface area contributed by atoms with Gasteiger partial charge < -0.3 is 5.11 Å². The molecule has 0 saturated heterocycles. The van der Waals surface area contributed by atoms with Crippen LogP contribution in [0.1, 0.15) is 10.4 Å². The minimum Gasteiger partial charge on any atom is -0.478 e. The molecule has 6 nitrogen and oxygen atoms in total. The van der Waals surface area contributed by atoms with Crippen molar-refractivity contribution < 1.29 is 9.90 Å². The van der Waals surface area contributed by atoms with Crippen LogP contribution in [-0.4, -0.2) is 31.0 Å². The molecule has 15 heavy (non-hydrogen) atoms. The van der Waals surface area contributed by atoms with E-state index >= 15 is 0 Å². The summed E-state index contributed by atoms with van der Waals surface area (Å²) in [6, 6.07) is 0. The van der Waals surface area contributed by atoms with E-state index in [2.05, 4.69) is 19.9 Å². The molecular weight excluding hydrogens is 196 g/mol. The fourth-order valence-electron chi connectivity index (χ4n) is 1.00. The number of carbonyl (C=O) groups is 1. The van der Waals surface area contributed by atoms with Crippen LogP contribution in [0.2, 0.25) is 0 Å². The molecule has 0 aliphatic rings. The Hall–Kier alpha value is -2.37. The molecule has 0 spiro atoms. The molecule has 2 rings (SSSR count). The normalized spacial score (nSPS) is 9.87. The monoisotopic (exact) mass is 202 g/mol. The Labute approximate surface area is 84.7 Å². The lowest BCUT2D eigenvalue weighted by Gasteiger charge is -1.98. The van der Waals surface area contributed by atoms with Crippen LogP contribution in [-0.2, 0) is 0 Å². The fourth-order valence-corrected chi connectivity index (χ4v) is 1.00. The maximum atomic E-state index is 10.5. The Bertz CT molecular complexity index is 469. The quantitative estimate of drug-likeness (QED) is 0.768. The van der Waals surface area contributed by atoms with E-state index in [4.69, 9.17) is 5.11 Å². The summed E-state index contributed by atoms with van der Waals surface area (Å²) in [5.74, 6) is -0.647. The van der Waals surface area contributed by atoms with Crippen LogP contribution in [0.3, 0.4) is 0 Å². The summed E-state index contributed by atoms with van der Waals surface area (Å²) in [5, 5.41) is 8.64. The van der Waals surface area contributed by atoms with E-state index in [1.54, 1.807) is 12.4 Å². The minimum absolute atomic E-state index is 0.0515. The van der Waals surface area contributed by atoms with Crippen molar-refractivity contribution in [2.24, 2.45) is 0 Å². The highest BCUT2D eigenvalue weighted by molar-refractivity contribution is 5.86. The number of aromatic nitrogens is 4. The SMILES string of the molecule is O=C(O)c1cnc(-c2cncnc2)nc1. The number of hydrogen-bond acceptors (Lipinski definition) is 5. The van der Waals surface area contributed by atoms with E-state index in [9.17, 15) is 4.79 Å². The summed E-state index contributed by atoms with van der Waals surface area (Å²) in [6.45, 7) is 0. The third-order valence-electron chi connectivity index (χ3n) is 1.72. The zero-order valence-corrected chi connectivity index (χ0v) is 7.53. The second kappa shape index (κ2) is 3.79. The zero-order chi connectivity index (χ0) is 10.7. The molecule has 0 fully saturated rings. The number of hydrogen-bond donors (Lipinski definition) is 1. The van der Waals surface area contributed by atoms with Crippen molar-refractivity contribution in [1.82, 2.24) is 19.9 Å². The molecule has 2 aromatic rings. The minimum atomic E-state index is -1.05. The molecule has 0 aliphatic heterocycles. The van der Waals surface area contributed by atoms with E-state index in [0.717, 1.165) is 0 Å². The van der Waals surface area contributed by atoms with Gasteiger partial charge in [0.15, 0.2) is 5.82 Å². The number of carboxylic acids is 1. The molecular formula is C9H6N4O2. The van der Waals surface area contributed by atoms with Gasteiger partial charge in [-0.2, -0.15) is 0 Å². The Morgan fingerprint density at radius 2 is 1.67 bits per heavy atom. The van der Waals surface area contributed by atoms with Crippen LogP contribution in [0, 0.1) is 0 Å². The molecule has 1 N–H and O–H groups in total. The van der Waals surface area contributed by atoms with Gasteiger partial charge in [-0.1, -0.05) is 0 Å². The van der Waals surface area contributed by atoms with Gasteiger partial charge in [0.05, 0.1) is 11.1 Å². The average Bonchev–Trinajstić information content (AvgIpc) is 2.30. The van der Waals surface area contributed by atoms with Crippen LogP contribution in [0.4, 0.5) is 0 Å². The van der Waals surface area contributed by atoms with Gasteiger partial charge in [-0.3, -0.25) is 0 Å². The smallest absolute Gasteiger partial charge is 0.338 e. The Kier molecular flexibility index (Phi) is 2.32. The van der Waals surface area contributed by atoms with Gasteiger partial charge in [0.25, 0.3) is 0 Å². The predicted octanol–water partition coefficient (Wildman–Crippen LogP) is 0.632. The summed E-state index contributed by atoms with van der Waals surface area (Å²) in [6.07, 6.45) is 7.01. The first kappa shape index (κ1) is 9.20. The molecule has 0 atom stereocenters. The van der Waals surface area contributed by atoms with E-state index in [1.807, 2.05) is 0 Å². The topological polar surface area (TPSA) is 88.9 Å². The van der Waals surface area contributed by atoms with Crippen LogP contribution in [0.25, 0.3) is 11.4 Å². The lowest BCUT2D eigenvalue weighted by atomic mass is 10.3. The molecule has 0 bridgehead atoms. The second-order valence-electron chi connectivity index (χ2n) is 2.73. The van der Waals surface area contributed by atoms with Crippen LogP contribution in [0.15, 0.2) is 31.1 Å². The molecule has 2 aromatic heterocycles. The van der Waals surface area contributed by atoms with Crippen molar-refractivity contribution in [2.45, 2.75) is 0 Å². The molecule has 74 valence electrons. The molecule has 0 aliphatic carbocycles. The van der Waals surface area contributed by atoms with Gasteiger partial charge in [-0.15, -0.1) is 0 Å². The highest BCUT2D eigenvalue weighted by Gasteiger charge is 2.05. The van der Waals surface area contributed by atoms with Gasteiger partial charge >= 0.3 is 5.97 Å². The van der Waals surface area contributed by atoms with Crippen molar-refractivity contribution in [3.05, 3.63) is 36.7 Å². The van der Waals surface area contributed by atoms with Gasteiger partial charge in [-0.05, 0) is 0 Å². The van der Waals surface area contributed by atoms with Crippen molar-refractivity contribution in [3.8, 4) is 11.4 Å². The summed E-state index contributed by atoms with van der Waals surface area (Å²) in [5.41, 5.74) is 0.699. The van der Waals surface area contributed by atoms with Gasteiger partial charge in [0, 0.05) is 24.8 Å². The summed E-state index contributed by atoms with van der Waals surface area (Å²) in [4.78, 5) is 26.0. The summed E-state index contributed by atoms with van der Waals surface area (Å²) >= 11 is 0. The standard InChI is InChI=1S/C9H6N4O2/c14-9(15)7-3-12-8(13-4-7)6-1-10-5-11-2-6/h1-5H,(H,14,15).